The second-order valence-corrected chi connectivity index (χ2v) is 4.49. The maximum absolute atomic E-state index is 11.5. The molecule has 2 unspecified atom stereocenters. The molecular formula is C10H13NO2. The van der Waals surface area contributed by atoms with Crippen LogP contribution in [0, 0.1) is 17.3 Å². The van der Waals surface area contributed by atoms with Crippen molar-refractivity contribution in [1.29, 1.82) is 0 Å². The Morgan fingerprint density at radius 3 is 2.62 bits per heavy atom. The Kier molecular flexibility index (Phi) is 1.45. The Morgan fingerprint density at radius 1 is 1.46 bits per heavy atom. The highest BCUT2D eigenvalue weighted by atomic mass is 16.4. The van der Waals surface area contributed by atoms with E-state index in [9.17, 15) is 4.79 Å². The summed E-state index contributed by atoms with van der Waals surface area (Å²) < 4.78 is 0. The summed E-state index contributed by atoms with van der Waals surface area (Å²) in [5.74, 6) is 0.358. The van der Waals surface area contributed by atoms with Gasteiger partial charge in [-0.05, 0) is 24.0 Å². The van der Waals surface area contributed by atoms with Crippen molar-refractivity contribution >= 4 is 11.5 Å². The molecule has 3 nitrogen and oxygen atoms in total. The Labute approximate surface area is 77.1 Å². The predicted molar refractivity (Wildman–Crippen MR) is 48.7 cm³/mol. The number of hydrogen-bond donors (Lipinski definition) is 1. The molecule has 3 heteroatoms. The van der Waals surface area contributed by atoms with Crippen molar-refractivity contribution in [3.05, 3.63) is 11.6 Å². The lowest BCUT2D eigenvalue weighted by molar-refractivity contribution is -0.116. The van der Waals surface area contributed by atoms with Crippen LogP contribution in [0.25, 0.3) is 0 Å². The predicted octanol–water partition coefficient (Wildman–Crippen LogP) is 1.62. The lowest BCUT2D eigenvalue weighted by Gasteiger charge is -2.07. The van der Waals surface area contributed by atoms with Crippen LogP contribution in [0.3, 0.4) is 0 Å². The first kappa shape index (κ1) is 8.48. The fourth-order valence-corrected chi connectivity index (χ4v) is 2.44. The van der Waals surface area contributed by atoms with Gasteiger partial charge in [0.05, 0.1) is 5.71 Å². The van der Waals surface area contributed by atoms with Crippen molar-refractivity contribution in [2.24, 2.45) is 22.4 Å². The van der Waals surface area contributed by atoms with Crippen LogP contribution >= 0.6 is 0 Å². The topological polar surface area (TPSA) is 49.7 Å². The van der Waals surface area contributed by atoms with Gasteiger partial charge in [0.1, 0.15) is 0 Å². The van der Waals surface area contributed by atoms with Crippen molar-refractivity contribution < 1.29 is 10.0 Å². The molecule has 0 aromatic rings. The van der Waals surface area contributed by atoms with Gasteiger partial charge in [0.2, 0.25) is 0 Å². The molecule has 13 heavy (non-hydrogen) atoms. The van der Waals surface area contributed by atoms with Crippen molar-refractivity contribution in [3.8, 4) is 0 Å². The molecule has 2 rings (SSSR count). The van der Waals surface area contributed by atoms with Crippen molar-refractivity contribution in [2.75, 3.05) is 0 Å². The number of hydrogen-bond acceptors (Lipinski definition) is 3. The average molecular weight is 179 g/mol. The lowest BCUT2D eigenvalue weighted by Crippen LogP contribution is -2.15. The molecule has 0 aromatic heterocycles. The molecule has 2 aliphatic rings. The van der Waals surface area contributed by atoms with Gasteiger partial charge in [0.25, 0.3) is 0 Å². The molecule has 2 atom stereocenters. The van der Waals surface area contributed by atoms with Crippen LogP contribution < -0.4 is 0 Å². The molecule has 0 aliphatic heterocycles. The van der Waals surface area contributed by atoms with Gasteiger partial charge in [-0.15, -0.1) is 0 Å². The SMILES string of the molecule is CC1=CC(=O)C2C(/C1=N\O)C2(C)C. The number of carbonyl (C=O) groups is 1. The number of fused-ring (bicyclic) bond motifs is 1. The molecule has 0 spiro atoms. The smallest absolute Gasteiger partial charge is 0.160 e. The fourth-order valence-electron chi connectivity index (χ4n) is 2.44. The van der Waals surface area contributed by atoms with E-state index in [2.05, 4.69) is 5.16 Å². The number of carbonyl (C=O) groups excluding carboxylic acids is 1. The van der Waals surface area contributed by atoms with Crippen LogP contribution in [0.5, 0.6) is 0 Å². The zero-order valence-electron chi connectivity index (χ0n) is 8.03. The molecular weight excluding hydrogens is 166 g/mol. The van der Waals surface area contributed by atoms with Crippen LogP contribution in [0.2, 0.25) is 0 Å². The van der Waals surface area contributed by atoms with Gasteiger partial charge in [-0.1, -0.05) is 19.0 Å². The maximum atomic E-state index is 11.5. The zero-order valence-corrected chi connectivity index (χ0v) is 8.03. The molecule has 0 aromatic carbocycles. The van der Waals surface area contributed by atoms with E-state index in [1.165, 1.54) is 0 Å². The van der Waals surface area contributed by atoms with Crippen LogP contribution in [-0.4, -0.2) is 16.7 Å². The highest BCUT2D eigenvalue weighted by molar-refractivity contribution is 6.16. The van der Waals surface area contributed by atoms with Gasteiger partial charge < -0.3 is 5.21 Å². The largest absolute Gasteiger partial charge is 0.411 e. The van der Waals surface area contributed by atoms with Crippen molar-refractivity contribution in [1.82, 2.24) is 0 Å². The summed E-state index contributed by atoms with van der Waals surface area (Å²) >= 11 is 0. The minimum absolute atomic E-state index is 0.0209. The van der Waals surface area contributed by atoms with Crippen LogP contribution in [0.1, 0.15) is 20.8 Å². The Balaban J connectivity index is 2.45. The molecule has 2 aliphatic carbocycles. The molecule has 0 bridgehead atoms. The van der Waals surface area contributed by atoms with E-state index in [1.54, 1.807) is 6.08 Å². The third kappa shape index (κ3) is 0.900. The second kappa shape index (κ2) is 2.22. The third-order valence-electron chi connectivity index (χ3n) is 3.30. The van der Waals surface area contributed by atoms with Gasteiger partial charge in [0.15, 0.2) is 5.78 Å². The van der Waals surface area contributed by atoms with Crippen LogP contribution in [-0.2, 0) is 4.79 Å². The molecule has 1 saturated carbocycles. The van der Waals surface area contributed by atoms with E-state index in [1.807, 2.05) is 20.8 Å². The van der Waals surface area contributed by atoms with Crippen molar-refractivity contribution in [3.63, 3.8) is 0 Å². The van der Waals surface area contributed by atoms with Crippen LogP contribution in [0.4, 0.5) is 0 Å². The normalized spacial score (nSPS) is 38.5. The van der Waals surface area contributed by atoms with E-state index in [4.69, 9.17) is 5.21 Å². The molecule has 0 saturated heterocycles. The molecule has 0 radical (unpaired) electrons. The quantitative estimate of drug-likeness (QED) is 0.453. The Hall–Kier alpha value is -1.12. The molecule has 1 N–H and O–H groups in total. The second-order valence-electron chi connectivity index (χ2n) is 4.49. The molecule has 70 valence electrons. The molecule has 0 heterocycles. The summed E-state index contributed by atoms with van der Waals surface area (Å²) in [6.45, 7) is 5.90. The van der Waals surface area contributed by atoms with Gasteiger partial charge in [-0.2, -0.15) is 0 Å². The van der Waals surface area contributed by atoms with Crippen molar-refractivity contribution in [2.45, 2.75) is 20.8 Å². The van der Waals surface area contributed by atoms with E-state index in [0.29, 0.717) is 5.71 Å². The third-order valence-corrected chi connectivity index (χ3v) is 3.30. The number of ketones is 1. The van der Waals surface area contributed by atoms with E-state index >= 15 is 0 Å². The fraction of sp³-hybridized carbons (Fsp3) is 0.600. The highest BCUT2D eigenvalue weighted by Crippen LogP contribution is 2.61. The van der Waals surface area contributed by atoms with Gasteiger partial charge in [0, 0.05) is 11.8 Å². The first-order valence-electron chi connectivity index (χ1n) is 4.44. The molecule has 1 fully saturated rings. The van der Waals surface area contributed by atoms with Crippen LogP contribution in [0.15, 0.2) is 16.8 Å². The number of allylic oxidation sites excluding steroid dienone is 2. The van der Waals surface area contributed by atoms with Gasteiger partial charge in [-0.3, -0.25) is 4.79 Å². The minimum atomic E-state index is -0.0209. The summed E-state index contributed by atoms with van der Waals surface area (Å²) in [5, 5.41) is 12.1. The number of oxime groups is 1. The number of rotatable bonds is 0. The van der Waals surface area contributed by atoms with E-state index in [-0.39, 0.29) is 23.0 Å². The summed E-state index contributed by atoms with van der Waals surface area (Å²) in [7, 11) is 0. The Morgan fingerprint density at radius 2 is 2.08 bits per heavy atom. The average Bonchev–Trinajstić information content (AvgIpc) is 2.55. The number of nitrogens with zero attached hydrogens (tertiary/aromatic N) is 1. The first-order valence-corrected chi connectivity index (χ1v) is 4.44. The first-order chi connectivity index (χ1) is 6.00. The van der Waals surface area contributed by atoms with Gasteiger partial charge >= 0.3 is 0 Å². The van der Waals surface area contributed by atoms with E-state index in [0.717, 1.165) is 5.57 Å². The summed E-state index contributed by atoms with van der Waals surface area (Å²) in [6.07, 6.45) is 1.59. The zero-order chi connectivity index (χ0) is 9.80. The molecule has 0 amide bonds. The minimum Gasteiger partial charge on any atom is -0.411 e. The standard InChI is InChI=1S/C10H13NO2/c1-5-4-6(12)7-8(9(5)11-13)10(7,2)3/h4,7-8,13H,1-3H3/b11-9-. The monoisotopic (exact) mass is 179 g/mol. The highest BCUT2D eigenvalue weighted by Gasteiger charge is 2.65. The van der Waals surface area contributed by atoms with E-state index < -0.39 is 0 Å². The lowest BCUT2D eigenvalue weighted by atomic mass is 9.98. The Bertz CT molecular complexity index is 339. The summed E-state index contributed by atoms with van der Waals surface area (Å²) in [5.41, 5.74) is 1.47. The summed E-state index contributed by atoms with van der Waals surface area (Å²) in [4.78, 5) is 11.5. The van der Waals surface area contributed by atoms with Gasteiger partial charge in [-0.25, -0.2) is 0 Å². The summed E-state index contributed by atoms with van der Waals surface area (Å²) in [6, 6.07) is 0. The maximum Gasteiger partial charge on any atom is 0.160 e.